The topological polar surface area (TPSA) is 72.5 Å². The van der Waals surface area contributed by atoms with Crippen LogP contribution < -0.4 is 4.72 Å². The van der Waals surface area contributed by atoms with Crippen molar-refractivity contribution in [1.82, 2.24) is 0 Å². The monoisotopic (exact) mass is 359 g/mol. The summed E-state index contributed by atoms with van der Waals surface area (Å²) in [7, 11) is -3.59. The van der Waals surface area contributed by atoms with Crippen LogP contribution in [0.2, 0.25) is 0 Å². The molecule has 2 rings (SSSR count). The van der Waals surface area contributed by atoms with E-state index in [-0.39, 0.29) is 5.97 Å². The number of carbonyl (C=O) groups excluding carboxylic acids is 1. The number of aryl methyl sites for hydroxylation is 1. The van der Waals surface area contributed by atoms with Gasteiger partial charge in [0, 0.05) is 12.6 Å². The van der Waals surface area contributed by atoms with Crippen LogP contribution in [-0.4, -0.2) is 21.0 Å². The molecule has 0 aliphatic carbocycles. The molecule has 2 aromatic rings. The SMILES string of the molecule is CC(=O)OCCCc1cccc(NS(=O)(=O)C=Cc2ccccc2)c1. The molecule has 0 heterocycles. The molecule has 0 spiro atoms. The van der Waals surface area contributed by atoms with Crippen LogP contribution in [0.5, 0.6) is 0 Å². The minimum atomic E-state index is -3.59. The summed E-state index contributed by atoms with van der Waals surface area (Å²) in [5.74, 6) is -0.299. The first-order valence-electron chi connectivity index (χ1n) is 7.93. The van der Waals surface area contributed by atoms with Crippen molar-refractivity contribution in [3.8, 4) is 0 Å². The van der Waals surface area contributed by atoms with Gasteiger partial charge in [0.15, 0.2) is 0 Å². The summed E-state index contributed by atoms with van der Waals surface area (Å²) in [5, 5.41) is 1.15. The number of nitrogens with one attached hydrogen (secondary N) is 1. The van der Waals surface area contributed by atoms with Crippen LogP contribution in [0.15, 0.2) is 60.0 Å². The Hall–Kier alpha value is -2.60. The summed E-state index contributed by atoms with van der Waals surface area (Å²) in [5.41, 5.74) is 2.29. The fraction of sp³-hybridized carbons (Fsp3) is 0.211. The van der Waals surface area contributed by atoms with Crippen LogP contribution in [0.25, 0.3) is 6.08 Å². The molecule has 5 nitrogen and oxygen atoms in total. The molecule has 0 radical (unpaired) electrons. The number of carbonyl (C=O) groups is 1. The maximum absolute atomic E-state index is 12.2. The van der Waals surface area contributed by atoms with Gasteiger partial charge in [0.25, 0.3) is 10.0 Å². The van der Waals surface area contributed by atoms with Crippen molar-refractivity contribution in [2.24, 2.45) is 0 Å². The van der Waals surface area contributed by atoms with Gasteiger partial charge in [0.1, 0.15) is 0 Å². The zero-order valence-electron chi connectivity index (χ0n) is 14.0. The molecule has 0 fully saturated rings. The first kappa shape index (κ1) is 18.7. The second-order valence-electron chi connectivity index (χ2n) is 5.50. The standard InChI is InChI=1S/C19H21NO4S/c1-16(21)24-13-6-10-18-9-5-11-19(15-18)20-25(22,23)14-12-17-7-3-2-4-8-17/h2-5,7-9,11-12,14-15,20H,6,10,13H2,1H3. The van der Waals surface area contributed by atoms with Gasteiger partial charge in [-0.2, -0.15) is 0 Å². The van der Waals surface area contributed by atoms with Gasteiger partial charge in [-0.15, -0.1) is 0 Å². The number of esters is 1. The molecule has 0 unspecified atom stereocenters. The summed E-state index contributed by atoms with van der Waals surface area (Å²) < 4.78 is 31.8. The van der Waals surface area contributed by atoms with E-state index in [0.29, 0.717) is 25.1 Å². The fourth-order valence-electron chi connectivity index (χ4n) is 2.21. The van der Waals surface area contributed by atoms with E-state index in [1.54, 1.807) is 24.3 Å². The van der Waals surface area contributed by atoms with Crippen LogP contribution in [0.4, 0.5) is 5.69 Å². The highest BCUT2D eigenvalue weighted by Crippen LogP contribution is 2.15. The van der Waals surface area contributed by atoms with E-state index in [1.165, 1.54) is 6.92 Å². The van der Waals surface area contributed by atoms with Crippen LogP contribution in [0.3, 0.4) is 0 Å². The lowest BCUT2D eigenvalue weighted by atomic mass is 10.1. The third kappa shape index (κ3) is 7.22. The molecule has 0 aliphatic heterocycles. The minimum Gasteiger partial charge on any atom is -0.466 e. The Bertz CT molecular complexity index is 830. The summed E-state index contributed by atoms with van der Waals surface area (Å²) in [6.45, 7) is 1.73. The Kier molecular flexibility index (Phi) is 6.77. The lowest BCUT2D eigenvalue weighted by Gasteiger charge is -2.07. The molecule has 0 aliphatic rings. The number of hydrogen-bond donors (Lipinski definition) is 1. The number of benzene rings is 2. The van der Waals surface area contributed by atoms with Crippen molar-refractivity contribution >= 4 is 27.8 Å². The Morgan fingerprint density at radius 3 is 2.60 bits per heavy atom. The maximum atomic E-state index is 12.2. The number of hydrogen-bond acceptors (Lipinski definition) is 4. The van der Waals surface area contributed by atoms with Crippen LogP contribution in [0.1, 0.15) is 24.5 Å². The van der Waals surface area contributed by atoms with E-state index in [0.717, 1.165) is 16.5 Å². The van der Waals surface area contributed by atoms with Crippen molar-refractivity contribution in [3.05, 3.63) is 71.1 Å². The largest absolute Gasteiger partial charge is 0.466 e. The maximum Gasteiger partial charge on any atom is 0.302 e. The lowest BCUT2D eigenvalue weighted by molar-refractivity contribution is -0.141. The third-order valence-electron chi connectivity index (χ3n) is 3.34. The van der Waals surface area contributed by atoms with E-state index in [9.17, 15) is 13.2 Å². The van der Waals surface area contributed by atoms with Crippen LogP contribution >= 0.6 is 0 Å². The van der Waals surface area contributed by atoms with Gasteiger partial charge in [0.05, 0.1) is 12.0 Å². The van der Waals surface area contributed by atoms with E-state index < -0.39 is 10.0 Å². The second kappa shape index (κ2) is 9.03. The van der Waals surface area contributed by atoms with Crippen molar-refractivity contribution < 1.29 is 17.9 Å². The van der Waals surface area contributed by atoms with E-state index >= 15 is 0 Å². The molecule has 0 atom stereocenters. The Morgan fingerprint density at radius 2 is 1.88 bits per heavy atom. The molecule has 0 amide bonds. The lowest BCUT2D eigenvalue weighted by Crippen LogP contribution is -2.09. The van der Waals surface area contributed by atoms with Gasteiger partial charge in [-0.3, -0.25) is 9.52 Å². The number of ether oxygens (including phenoxy) is 1. The zero-order valence-corrected chi connectivity index (χ0v) is 14.8. The van der Waals surface area contributed by atoms with Gasteiger partial charge in [-0.05, 0) is 42.2 Å². The Labute approximate surface area is 148 Å². The average Bonchev–Trinajstić information content (AvgIpc) is 2.58. The molecule has 2 aromatic carbocycles. The quantitative estimate of drug-likeness (QED) is 0.577. The van der Waals surface area contributed by atoms with E-state index in [2.05, 4.69) is 4.72 Å². The summed E-state index contributed by atoms with van der Waals surface area (Å²) in [6.07, 6.45) is 2.93. The van der Waals surface area contributed by atoms with Crippen molar-refractivity contribution in [3.63, 3.8) is 0 Å². The van der Waals surface area contributed by atoms with E-state index in [1.807, 2.05) is 36.4 Å². The van der Waals surface area contributed by atoms with Gasteiger partial charge >= 0.3 is 5.97 Å². The molecule has 6 heteroatoms. The van der Waals surface area contributed by atoms with Gasteiger partial charge in [-0.25, -0.2) is 8.42 Å². The van der Waals surface area contributed by atoms with Gasteiger partial charge < -0.3 is 4.74 Å². The molecule has 0 saturated carbocycles. The van der Waals surface area contributed by atoms with Crippen molar-refractivity contribution in [1.29, 1.82) is 0 Å². The van der Waals surface area contributed by atoms with Crippen molar-refractivity contribution in [2.45, 2.75) is 19.8 Å². The molecule has 25 heavy (non-hydrogen) atoms. The van der Waals surface area contributed by atoms with Crippen LogP contribution in [-0.2, 0) is 26.0 Å². The predicted molar refractivity (Wildman–Crippen MR) is 99.4 cm³/mol. The fourth-order valence-corrected chi connectivity index (χ4v) is 3.07. The number of sulfonamides is 1. The number of anilines is 1. The highest BCUT2D eigenvalue weighted by molar-refractivity contribution is 7.95. The zero-order chi connectivity index (χ0) is 18.1. The third-order valence-corrected chi connectivity index (χ3v) is 4.36. The smallest absolute Gasteiger partial charge is 0.302 e. The second-order valence-corrected chi connectivity index (χ2v) is 7.07. The van der Waals surface area contributed by atoms with Crippen molar-refractivity contribution in [2.75, 3.05) is 11.3 Å². The molecule has 0 bridgehead atoms. The van der Waals surface area contributed by atoms with Crippen LogP contribution in [0, 0.1) is 0 Å². The molecule has 0 saturated heterocycles. The molecule has 0 aromatic heterocycles. The van der Waals surface area contributed by atoms with E-state index in [4.69, 9.17) is 4.74 Å². The molecule has 1 N–H and O–H groups in total. The Morgan fingerprint density at radius 1 is 1.12 bits per heavy atom. The summed E-state index contributed by atoms with van der Waals surface area (Å²) >= 11 is 0. The van der Waals surface area contributed by atoms with Gasteiger partial charge in [0.2, 0.25) is 0 Å². The first-order valence-corrected chi connectivity index (χ1v) is 9.47. The molecule has 132 valence electrons. The van der Waals surface area contributed by atoms with Gasteiger partial charge in [-0.1, -0.05) is 42.5 Å². The summed E-state index contributed by atoms with van der Waals surface area (Å²) in [6, 6.07) is 16.4. The highest BCUT2D eigenvalue weighted by Gasteiger charge is 2.06. The minimum absolute atomic E-state index is 0.299. The highest BCUT2D eigenvalue weighted by atomic mass is 32.2. The number of rotatable bonds is 8. The normalized spacial score (nSPS) is 11.4. The Balaban J connectivity index is 1.96. The predicted octanol–water partition coefficient (Wildman–Crippen LogP) is 3.59. The molecular weight excluding hydrogens is 338 g/mol. The summed E-state index contributed by atoms with van der Waals surface area (Å²) in [4.78, 5) is 10.7. The average molecular weight is 359 g/mol. The first-order chi connectivity index (χ1) is 11.9. The molecular formula is C19H21NO4S.